The first-order chi connectivity index (χ1) is 7.41. The molecule has 0 aliphatic carbocycles. The summed E-state index contributed by atoms with van der Waals surface area (Å²) in [5.74, 6) is 0.351. The van der Waals surface area contributed by atoms with Crippen LogP contribution in [0.5, 0.6) is 0 Å². The minimum atomic E-state index is -0.277. The Hall–Kier alpha value is -0.770. The van der Waals surface area contributed by atoms with Crippen molar-refractivity contribution < 1.29 is 4.39 Å². The predicted octanol–water partition coefficient (Wildman–Crippen LogP) is 3.65. The fourth-order valence-corrected chi connectivity index (χ4v) is 1.82. The average Bonchev–Trinajstić information content (AvgIpc) is 2.20. The van der Waals surface area contributed by atoms with Gasteiger partial charge in [-0.25, -0.2) is 4.39 Å². The van der Waals surface area contributed by atoms with Crippen molar-refractivity contribution in [2.24, 2.45) is 5.92 Å². The highest BCUT2D eigenvalue weighted by Gasteiger charge is 2.10. The maximum absolute atomic E-state index is 13.4. The second-order valence-corrected chi connectivity index (χ2v) is 5.28. The first-order valence-electron chi connectivity index (χ1n) is 5.37. The van der Waals surface area contributed by atoms with Crippen LogP contribution in [0.15, 0.2) is 16.6 Å². The van der Waals surface area contributed by atoms with Gasteiger partial charge in [0, 0.05) is 19.7 Å². The van der Waals surface area contributed by atoms with Gasteiger partial charge < -0.3 is 10.6 Å². The Morgan fingerprint density at radius 2 is 2.06 bits per heavy atom. The minimum absolute atomic E-state index is 0.277. The van der Waals surface area contributed by atoms with Crippen molar-refractivity contribution >= 4 is 27.3 Å². The van der Waals surface area contributed by atoms with Crippen molar-refractivity contribution in [3.63, 3.8) is 0 Å². The van der Waals surface area contributed by atoms with E-state index < -0.39 is 0 Å². The highest BCUT2D eigenvalue weighted by Crippen LogP contribution is 2.29. The summed E-state index contributed by atoms with van der Waals surface area (Å²) in [7, 11) is 1.93. The molecule has 0 aliphatic heterocycles. The Morgan fingerprint density at radius 1 is 1.44 bits per heavy atom. The molecule has 1 aromatic carbocycles. The summed E-state index contributed by atoms with van der Waals surface area (Å²) in [6.45, 7) is 5.21. The van der Waals surface area contributed by atoms with Gasteiger partial charge in [0.1, 0.15) is 5.82 Å². The fourth-order valence-electron chi connectivity index (χ4n) is 1.45. The molecular formula is C12H18BrFN2. The monoisotopic (exact) mass is 288 g/mol. The van der Waals surface area contributed by atoms with Crippen LogP contribution in [0.2, 0.25) is 0 Å². The van der Waals surface area contributed by atoms with Gasteiger partial charge in [0.2, 0.25) is 0 Å². The van der Waals surface area contributed by atoms with Crippen LogP contribution in [0.3, 0.4) is 0 Å². The van der Waals surface area contributed by atoms with Gasteiger partial charge in [-0.1, -0.05) is 13.8 Å². The number of nitrogens with two attached hydrogens (primary N) is 1. The van der Waals surface area contributed by atoms with Gasteiger partial charge in [-0.15, -0.1) is 0 Å². The van der Waals surface area contributed by atoms with Gasteiger partial charge in [-0.05, 0) is 34.3 Å². The van der Waals surface area contributed by atoms with E-state index in [0.717, 1.165) is 18.7 Å². The molecule has 0 saturated heterocycles. The summed E-state index contributed by atoms with van der Waals surface area (Å²) < 4.78 is 13.8. The molecule has 0 amide bonds. The van der Waals surface area contributed by atoms with Crippen LogP contribution in [0.1, 0.15) is 20.3 Å². The Bertz CT molecular complexity index is 366. The fraction of sp³-hybridized carbons (Fsp3) is 0.500. The molecular weight excluding hydrogens is 271 g/mol. The molecule has 1 aromatic rings. The van der Waals surface area contributed by atoms with Gasteiger partial charge in [-0.2, -0.15) is 0 Å². The first kappa shape index (κ1) is 13.3. The highest BCUT2D eigenvalue weighted by atomic mass is 79.9. The molecule has 0 saturated carbocycles. The van der Waals surface area contributed by atoms with Crippen molar-refractivity contribution in [2.75, 3.05) is 24.2 Å². The number of rotatable bonds is 4. The summed E-state index contributed by atoms with van der Waals surface area (Å²) in [5.41, 5.74) is 7.21. The Kier molecular flexibility index (Phi) is 4.59. The number of hydrogen-bond acceptors (Lipinski definition) is 2. The second kappa shape index (κ2) is 5.53. The lowest BCUT2D eigenvalue weighted by Gasteiger charge is -2.22. The van der Waals surface area contributed by atoms with E-state index in [1.54, 1.807) is 6.07 Å². The molecule has 0 aromatic heterocycles. The summed E-state index contributed by atoms with van der Waals surface area (Å²) in [5, 5.41) is 0. The topological polar surface area (TPSA) is 29.3 Å². The van der Waals surface area contributed by atoms with Crippen LogP contribution in [0, 0.1) is 11.7 Å². The lowest BCUT2D eigenvalue weighted by Crippen LogP contribution is -2.21. The third-order valence-electron chi connectivity index (χ3n) is 2.52. The number of anilines is 2. The molecule has 0 aliphatic rings. The lowest BCUT2D eigenvalue weighted by molar-refractivity contribution is 0.583. The Balaban J connectivity index is 2.82. The highest BCUT2D eigenvalue weighted by molar-refractivity contribution is 9.10. The number of nitrogen functional groups attached to an aromatic ring is 1. The molecule has 0 atom stereocenters. The molecule has 0 fully saturated rings. The first-order valence-corrected chi connectivity index (χ1v) is 6.16. The molecule has 2 N–H and O–H groups in total. The van der Waals surface area contributed by atoms with Crippen LogP contribution < -0.4 is 10.6 Å². The molecule has 4 heteroatoms. The molecule has 0 heterocycles. The van der Waals surface area contributed by atoms with Crippen molar-refractivity contribution in [3.05, 3.63) is 22.4 Å². The second-order valence-electron chi connectivity index (χ2n) is 4.43. The van der Waals surface area contributed by atoms with Gasteiger partial charge in [-0.3, -0.25) is 0 Å². The maximum Gasteiger partial charge on any atom is 0.139 e. The van der Waals surface area contributed by atoms with Crippen LogP contribution >= 0.6 is 15.9 Å². The van der Waals surface area contributed by atoms with Gasteiger partial charge in [0.25, 0.3) is 0 Å². The molecule has 2 nitrogen and oxygen atoms in total. The standard InChI is InChI=1S/C12H18BrFN2/c1-8(2)4-5-16(3)12-7-10(14)9(13)6-11(12)15/h6-8H,4-5,15H2,1-3H3. The quantitative estimate of drug-likeness (QED) is 0.857. The normalized spacial score (nSPS) is 10.9. The van der Waals surface area contributed by atoms with Crippen molar-refractivity contribution in [1.82, 2.24) is 0 Å². The predicted molar refractivity (Wildman–Crippen MR) is 71.2 cm³/mol. The van der Waals surface area contributed by atoms with Crippen molar-refractivity contribution in [1.29, 1.82) is 0 Å². The van der Waals surface area contributed by atoms with Crippen LogP contribution in [0.4, 0.5) is 15.8 Å². The molecule has 0 radical (unpaired) electrons. The van der Waals surface area contributed by atoms with Gasteiger partial charge in [0.15, 0.2) is 0 Å². The van der Waals surface area contributed by atoms with Crippen LogP contribution in [-0.2, 0) is 0 Å². The SMILES string of the molecule is CC(C)CCN(C)c1cc(F)c(Br)cc1N. The molecule has 0 spiro atoms. The zero-order chi connectivity index (χ0) is 12.3. The largest absolute Gasteiger partial charge is 0.397 e. The van der Waals surface area contributed by atoms with Crippen LogP contribution in [0.25, 0.3) is 0 Å². The third kappa shape index (κ3) is 3.37. The summed E-state index contributed by atoms with van der Waals surface area (Å²) in [4.78, 5) is 1.99. The summed E-state index contributed by atoms with van der Waals surface area (Å²) in [6.07, 6.45) is 1.06. The lowest BCUT2D eigenvalue weighted by atomic mass is 10.1. The Morgan fingerprint density at radius 3 is 2.62 bits per heavy atom. The average molecular weight is 289 g/mol. The van der Waals surface area contributed by atoms with E-state index in [2.05, 4.69) is 29.8 Å². The van der Waals surface area contributed by atoms with Crippen molar-refractivity contribution in [2.45, 2.75) is 20.3 Å². The van der Waals surface area contributed by atoms with E-state index in [1.807, 2.05) is 11.9 Å². The number of hydrogen-bond donors (Lipinski definition) is 1. The number of benzene rings is 1. The van der Waals surface area contributed by atoms with E-state index in [9.17, 15) is 4.39 Å². The number of halogens is 2. The summed E-state index contributed by atoms with van der Waals surface area (Å²) in [6, 6.07) is 3.08. The molecule has 16 heavy (non-hydrogen) atoms. The zero-order valence-corrected chi connectivity index (χ0v) is 11.5. The van der Waals surface area contributed by atoms with Crippen LogP contribution in [-0.4, -0.2) is 13.6 Å². The van der Waals surface area contributed by atoms with E-state index in [1.165, 1.54) is 6.07 Å². The Labute approximate surface area is 105 Å². The van der Waals surface area contributed by atoms with E-state index in [4.69, 9.17) is 5.73 Å². The van der Waals surface area contributed by atoms with Gasteiger partial charge in [0.05, 0.1) is 15.8 Å². The van der Waals surface area contributed by atoms with E-state index in [-0.39, 0.29) is 5.82 Å². The molecule has 90 valence electrons. The smallest absolute Gasteiger partial charge is 0.139 e. The molecule has 0 unspecified atom stereocenters. The van der Waals surface area contributed by atoms with E-state index in [0.29, 0.717) is 16.1 Å². The molecule has 0 bridgehead atoms. The zero-order valence-electron chi connectivity index (χ0n) is 9.93. The minimum Gasteiger partial charge on any atom is -0.397 e. The maximum atomic E-state index is 13.4. The van der Waals surface area contributed by atoms with Crippen molar-refractivity contribution in [3.8, 4) is 0 Å². The van der Waals surface area contributed by atoms with Gasteiger partial charge >= 0.3 is 0 Å². The molecule has 1 rings (SSSR count). The van der Waals surface area contributed by atoms with E-state index >= 15 is 0 Å². The summed E-state index contributed by atoms with van der Waals surface area (Å²) >= 11 is 3.12. The number of nitrogens with zero attached hydrogens (tertiary/aromatic N) is 1. The third-order valence-corrected chi connectivity index (χ3v) is 3.13.